The second-order valence-corrected chi connectivity index (χ2v) is 5.88. The third-order valence-electron chi connectivity index (χ3n) is 3.98. The van der Waals surface area contributed by atoms with Crippen LogP contribution < -0.4 is 0 Å². The quantitative estimate of drug-likeness (QED) is 0.735. The first-order chi connectivity index (χ1) is 7.98. The summed E-state index contributed by atoms with van der Waals surface area (Å²) in [5.41, 5.74) is -0.173. The number of piperazine rings is 1. The zero-order valence-corrected chi connectivity index (χ0v) is 11.9. The summed E-state index contributed by atoms with van der Waals surface area (Å²) in [6.07, 6.45) is 2.22. The van der Waals surface area contributed by atoms with Gasteiger partial charge in [0.25, 0.3) is 0 Å². The van der Waals surface area contributed by atoms with Crippen LogP contribution in [0.15, 0.2) is 0 Å². The van der Waals surface area contributed by atoms with Crippen LogP contribution in [0.4, 0.5) is 0 Å². The van der Waals surface area contributed by atoms with Crippen LogP contribution in [0.1, 0.15) is 40.5 Å². The van der Waals surface area contributed by atoms with Crippen LogP contribution in [-0.4, -0.2) is 48.6 Å². The van der Waals surface area contributed by atoms with Gasteiger partial charge in [0, 0.05) is 32.2 Å². The van der Waals surface area contributed by atoms with Gasteiger partial charge in [0.1, 0.15) is 0 Å². The van der Waals surface area contributed by atoms with Crippen LogP contribution in [0.5, 0.6) is 0 Å². The Balaban J connectivity index is 2.26. The van der Waals surface area contributed by atoms with E-state index in [9.17, 15) is 0 Å². The Morgan fingerprint density at radius 3 is 2.29 bits per heavy atom. The lowest BCUT2D eigenvalue weighted by Gasteiger charge is -2.38. The topological polar surface area (TPSA) is 30.3 Å². The molecule has 0 aromatic rings. The average molecular weight is 237 g/mol. The van der Waals surface area contributed by atoms with Gasteiger partial charge < -0.3 is 4.90 Å². The summed E-state index contributed by atoms with van der Waals surface area (Å²) in [7, 11) is 0. The largest absolute Gasteiger partial charge is 0.301 e. The first kappa shape index (κ1) is 14.5. The van der Waals surface area contributed by atoms with Crippen molar-refractivity contribution in [3.63, 3.8) is 0 Å². The van der Waals surface area contributed by atoms with E-state index in [-0.39, 0.29) is 5.41 Å². The van der Waals surface area contributed by atoms with Crippen molar-refractivity contribution in [1.29, 1.82) is 5.26 Å². The van der Waals surface area contributed by atoms with E-state index in [0.29, 0.717) is 6.04 Å². The van der Waals surface area contributed by atoms with Crippen molar-refractivity contribution in [2.24, 2.45) is 5.41 Å². The van der Waals surface area contributed by atoms with Gasteiger partial charge in [-0.3, -0.25) is 4.90 Å². The summed E-state index contributed by atoms with van der Waals surface area (Å²) >= 11 is 0. The number of nitriles is 1. The Labute approximate surface area is 106 Å². The van der Waals surface area contributed by atoms with Gasteiger partial charge in [-0.25, -0.2) is 0 Å². The van der Waals surface area contributed by atoms with Gasteiger partial charge in [0.2, 0.25) is 0 Å². The Morgan fingerprint density at radius 2 is 1.82 bits per heavy atom. The third kappa shape index (κ3) is 4.65. The molecule has 0 aliphatic carbocycles. The molecule has 1 unspecified atom stereocenters. The van der Waals surface area contributed by atoms with Crippen LogP contribution in [0.3, 0.4) is 0 Å². The summed E-state index contributed by atoms with van der Waals surface area (Å²) in [5.74, 6) is 0. The van der Waals surface area contributed by atoms with E-state index < -0.39 is 0 Å². The minimum Gasteiger partial charge on any atom is -0.301 e. The summed E-state index contributed by atoms with van der Waals surface area (Å²) < 4.78 is 0. The first-order valence-electron chi connectivity index (χ1n) is 6.86. The molecule has 3 nitrogen and oxygen atoms in total. The van der Waals surface area contributed by atoms with Crippen molar-refractivity contribution < 1.29 is 0 Å². The van der Waals surface area contributed by atoms with Crippen LogP contribution >= 0.6 is 0 Å². The highest BCUT2D eigenvalue weighted by Gasteiger charge is 2.22. The van der Waals surface area contributed by atoms with Crippen LogP contribution in [0.2, 0.25) is 0 Å². The predicted octanol–water partition coefficient (Wildman–Crippen LogP) is 2.34. The summed E-state index contributed by atoms with van der Waals surface area (Å²) in [6.45, 7) is 14.4. The fourth-order valence-corrected chi connectivity index (χ4v) is 2.18. The molecule has 1 heterocycles. The lowest BCUT2D eigenvalue weighted by atomic mass is 9.91. The van der Waals surface area contributed by atoms with Crippen molar-refractivity contribution in [2.75, 3.05) is 32.7 Å². The maximum atomic E-state index is 8.99. The monoisotopic (exact) mass is 237 g/mol. The molecule has 3 heteroatoms. The van der Waals surface area contributed by atoms with Gasteiger partial charge in [-0.05, 0) is 40.2 Å². The lowest BCUT2D eigenvalue weighted by molar-refractivity contribution is 0.0951. The van der Waals surface area contributed by atoms with Gasteiger partial charge in [0.05, 0.1) is 11.5 Å². The van der Waals surface area contributed by atoms with Gasteiger partial charge in [-0.1, -0.05) is 6.92 Å². The third-order valence-corrected chi connectivity index (χ3v) is 3.98. The number of nitrogens with zero attached hydrogens (tertiary/aromatic N) is 3. The molecule has 1 atom stereocenters. The maximum Gasteiger partial charge on any atom is 0.0684 e. The number of hydrogen-bond donors (Lipinski definition) is 0. The van der Waals surface area contributed by atoms with Gasteiger partial charge in [0.15, 0.2) is 0 Å². The molecule has 0 aromatic heterocycles. The highest BCUT2D eigenvalue weighted by Crippen LogP contribution is 2.19. The van der Waals surface area contributed by atoms with Crippen molar-refractivity contribution in [3.05, 3.63) is 0 Å². The minimum absolute atomic E-state index is 0.173. The molecule has 0 amide bonds. The Kier molecular flexibility index (Phi) is 5.42. The molecule has 1 fully saturated rings. The Bertz CT molecular complexity index is 259. The molecule has 17 heavy (non-hydrogen) atoms. The van der Waals surface area contributed by atoms with E-state index in [2.05, 4.69) is 29.7 Å². The summed E-state index contributed by atoms with van der Waals surface area (Å²) in [4.78, 5) is 5.07. The molecule has 0 aromatic carbocycles. The molecule has 0 radical (unpaired) electrons. The fourth-order valence-electron chi connectivity index (χ4n) is 2.18. The number of hydrogen-bond acceptors (Lipinski definition) is 3. The van der Waals surface area contributed by atoms with Gasteiger partial charge in [-0.15, -0.1) is 0 Å². The molecule has 1 rings (SSSR count). The normalized spacial score (nSPS) is 21.1. The maximum absolute atomic E-state index is 8.99. The molecule has 0 N–H and O–H groups in total. The van der Waals surface area contributed by atoms with E-state index in [1.807, 2.05) is 13.8 Å². The van der Waals surface area contributed by atoms with E-state index in [0.717, 1.165) is 26.1 Å². The van der Waals surface area contributed by atoms with E-state index in [1.54, 1.807) is 0 Å². The fraction of sp³-hybridized carbons (Fsp3) is 0.929. The molecular weight excluding hydrogens is 210 g/mol. The number of rotatable bonds is 5. The zero-order chi connectivity index (χ0) is 12.9. The highest BCUT2D eigenvalue weighted by atomic mass is 15.3. The van der Waals surface area contributed by atoms with Crippen molar-refractivity contribution in [2.45, 2.75) is 46.6 Å². The van der Waals surface area contributed by atoms with E-state index in [4.69, 9.17) is 5.26 Å². The second-order valence-electron chi connectivity index (χ2n) is 5.88. The summed E-state index contributed by atoms with van der Waals surface area (Å²) in [5, 5.41) is 8.99. The summed E-state index contributed by atoms with van der Waals surface area (Å²) in [6, 6.07) is 3.10. The molecule has 98 valence electrons. The smallest absolute Gasteiger partial charge is 0.0684 e. The Hall–Kier alpha value is -0.590. The van der Waals surface area contributed by atoms with Crippen molar-refractivity contribution in [1.82, 2.24) is 9.80 Å². The van der Waals surface area contributed by atoms with Crippen LogP contribution in [-0.2, 0) is 0 Å². The molecule has 1 aliphatic rings. The first-order valence-corrected chi connectivity index (χ1v) is 6.86. The molecule has 1 saturated heterocycles. The molecule has 1 aliphatic heterocycles. The molecule has 0 spiro atoms. The predicted molar refractivity (Wildman–Crippen MR) is 71.8 cm³/mol. The van der Waals surface area contributed by atoms with E-state index >= 15 is 0 Å². The van der Waals surface area contributed by atoms with Crippen LogP contribution in [0.25, 0.3) is 0 Å². The highest BCUT2D eigenvalue weighted by molar-refractivity contribution is 4.92. The average Bonchev–Trinajstić information content (AvgIpc) is 2.36. The van der Waals surface area contributed by atoms with Crippen LogP contribution in [0, 0.1) is 16.7 Å². The standard InChI is InChI=1S/C14H27N3/c1-5-13(2)17-10-8-16(9-11-17)7-6-14(3,4)12-15/h13H,5-11H2,1-4H3. The van der Waals surface area contributed by atoms with E-state index in [1.165, 1.54) is 19.5 Å². The van der Waals surface area contributed by atoms with Gasteiger partial charge in [-0.2, -0.15) is 5.26 Å². The molecule has 0 bridgehead atoms. The Morgan fingerprint density at radius 1 is 1.24 bits per heavy atom. The molecular formula is C14H27N3. The van der Waals surface area contributed by atoms with Crippen molar-refractivity contribution in [3.8, 4) is 6.07 Å². The van der Waals surface area contributed by atoms with Crippen molar-refractivity contribution >= 4 is 0 Å². The lowest BCUT2D eigenvalue weighted by Crippen LogP contribution is -2.49. The van der Waals surface area contributed by atoms with Gasteiger partial charge >= 0.3 is 0 Å². The second kappa shape index (κ2) is 6.37. The SMILES string of the molecule is CCC(C)N1CCN(CCC(C)(C)C#N)CC1. The zero-order valence-electron chi connectivity index (χ0n) is 11.9. The minimum atomic E-state index is -0.173. The molecule has 0 saturated carbocycles.